The van der Waals surface area contributed by atoms with Crippen LogP contribution >= 0.6 is 0 Å². The predicted octanol–water partition coefficient (Wildman–Crippen LogP) is 11.0. The van der Waals surface area contributed by atoms with Gasteiger partial charge in [-0.25, -0.2) is 0 Å². The zero-order valence-corrected chi connectivity index (χ0v) is 36.4. The van der Waals surface area contributed by atoms with Crippen molar-refractivity contribution in [2.24, 2.45) is 0 Å². The van der Waals surface area contributed by atoms with Crippen molar-refractivity contribution in [3.05, 3.63) is 215 Å². The van der Waals surface area contributed by atoms with Crippen LogP contribution in [0.1, 0.15) is 99.9 Å². The van der Waals surface area contributed by atoms with Crippen molar-refractivity contribution in [1.82, 2.24) is 0 Å². The Bertz CT molecular complexity index is 2540. The fourth-order valence-corrected chi connectivity index (χ4v) is 11.0. The van der Waals surface area contributed by atoms with Crippen molar-refractivity contribution >= 4 is 0 Å². The zero-order chi connectivity index (χ0) is 41.8. The number of hydrogen-bond donors (Lipinski definition) is 0. The number of pyridine rings is 4. The normalized spacial score (nSPS) is 17.3. The first-order valence-corrected chi connectivity index (χ1v) is 22.4. The van der Waals surface area contributed by atoms with Crippen molar-refractivity contribution in [2.75, 3.05) is 0 Å². The van der Waals surface area contributed by atoms with Crippen molar-refractivity contribution in [1.29, 1.82) is 0 Å². The summed E-state index contributed by atoms with van der Waals surface area (Å²) in [5, 5.41) is 0. The van der Waals surface area contributed by atoms with E-state index in [1.807, 2.05) is 55.4 Å². The summed E-state index contributed by atoms with van der Waals surface area (Å²) in [4.78, 5) is 0. The van der Waals surface area contributed by atoms with E-state index in [2.05, 4.69) is 189 Å². The minimum absolute atomic E-state index is 0.315. The van der Waals surface area contributed by atoms with Crippen LogP contribution in [0.2, 0.25) is 0 Å². The first-order chi connectivity index (χ1) is 29.8. The van der Waals surface area contributed by atoms with Gasteiger partial charge in [0.25, 0.3) is 0 Å². The van der Waals surface area contributed by atoms with Gasteiger partial charge in [-0.2, -0.15) is 0 Å². The van der Waals surface area contributed by atoms with Crippen LogP contribution < -0.4 is 18.3 Å². The second-order valence-electron chi connectivity index (χ2n) is 14.9. The van der Waals surface area contributed by atoms with Gasteiger partial charge in [-0.3, -0.25) is 0 Å². The third-order valence-corrected chi connectivity index (χ3v) is 12.7. The van der Waals surface area contributed by atoms with Crippen molar-refractivity contribution in [3.8, 4) is 45.0 Å². The smallest absolute Gasteiger partial charge is 0.126 e. The number of nitrogens with zero attached hydrogens (tertiary/aromatic N) is 4. The highest BCUT2D eigenvalue weighted by Crippen LogP contribution is 2.52. The van der Waals surface area contributed by atoms with E-state index in [1.165, 1.54) is 89.5 Å². The first-order valence-electron chi connectivity index (χ1n) is 22.4. The third kappa shape index (κ3) is 4.79. The van der Waals surface area contributed by atoms with E-state index in [9.17, 15) is 0 Å². The lowest BCUT2D eigenvalue weighted by Gasteiger charge is -2.18. The summed E-state index contributed by atoms with van der Waals surface area (Å²) in [7, 11) is 0. The Kier molecular flexibility index (Phi) is 9.91. The van der Waals surface area contributed by atoms with Crippen LogP contribution in [0, 0.1) is 0 Å². The van der Waals surface area contributed by atoms with Gasteiger partial charge in [0.2, 0.25) is 22.8 Å². The molecule has 4 aromatic carbocycles. The van der Waals surface area contributed by atoms with Crippen LogP contribution in [-0.4, -0.2) is 0 Å². The maximum atomic E-state index is 2.51. The van der Waals surface area contributed by atoms with E-state index in [1.54, 1.807) is 0 Å². The lowest BCUT2D eigenvalue weighted by atomic mass is 9.89. The summed E-state index contributed by atoms with van der Waals surface area (Å²) in [6.45, 7) is 16.0. The fourth-order valence-electron chi connectivity index (χ4n) is 11.0. The summed E-state index contributed by atoms with van der Waals surface area (Å²) in [5.74, 6) is 0. The van der Waals surface area contributed by atoms with E-state index in [0.717, 1.165) is 12.8 Å². The topological polar surface area (TPSA) is 15.5 Å². The summed E-state index contributed by atoms with van der Waals surface area (Å²) in [6, 6.07) is 53.5. The molecule has 0 fully saturated rings. The Hall–Kier alpha value is -6.52. The van der Waals surface area contributed by atoms with Crippen molar-refractivity contribution in [3.63, 3.8) is 0 Å². The van der Waals surface area contributed by atoms with Gasteiger partial charge in [0.1, 0.15) is 22.3 Å². The minimum Gasteiger partial charge on any atom is -0.126 e. The van der Waals surface area contributed by atoms with Gasteiger partial charge < -0.3 is 0 Å². The fraction of sp³-hybridized carbons (Fsp3) is 0.214. The number of hydrogen-bond acceptors (Lipinski definition) is 0. The summed E-state index contributed by atoms with van der Waals surface area (Å²) < 4.78 is 9.95. The van der Waals surface area contributed by atoms with Gasteiger partial charge >= 0.3 is 11.3 Å². The average molecular weight is 785 g/mol. The van der Waals surface area contributed by atoms with Gasteiger partial charge in [-0.15, -0.1) is 18.3 Å². The highest BCUT2D eigenvalue weighted by atomic mass is 15.3. The third-order valence-electron chi connectivity index (χ3n) is 12.7. The molecule has 14 rings (SSSR count). The van der Waals surface area contributed by atoms with Crippen LogP contribution in [0.15, 0.2) is 170 Å². The lowest BCUT2D eigenvalue weighted by Crippen LogP contribution is -2.71. The minimum atomic E-state index is -0.315. The second-order valence-corrected chi connectivity index (χ2v) is 14.9. The maximum absolute atomic E-state index is 2.51. The molecule has 0 saturated carbocycles. The molecule has 6 aliphatic rings. The molecule has 0 radical (unpaired) electrons. The molecule has 4 nitrogen and oxygen atoms in total. The Morgan fingerprint density at radius 2 is 0.667 bits per heavy atom. The molecule has 4 aliphatic heterocycles. The van der Waals surface area contributed by atoms with E-state index >= 15 is 0 Å². The van der Waals surface area contributed by atoms with Crippen LogP contribution in [0.3, 0.4) is 0 Å². The molecule has 0 bridgehead atoms. The molecule has 2 unspecified atom stereocenters. The van der Waals surface area contributed by atoms with Crippen LogP contribution in [-0.2, 0) is 24.2 Å². The molecule has 0 amide bonds. The Morgan fingerprint density at radius 3 is 1.10 bits per heavy atom. The number of fused-ring (bicyclic) bond motifs is 14. The molecule has 0 saturated heterocycles. The molecular formula is C56H56N4+4. The molecular weight excluding hydrogens is 729 g/mol. The van der Waals surface area contributed by atoms with E-state index in [4.69, 9.17) is 0 Å². The SMILES string of the molecule is CC.CC.CC.CC.c1ccc2c(c1)-c1cccc[n+]1C21c2cccc3c2-c2c(ccc[n+]21)C3.c1ccc2c(c1)-c1cccc[n+]1C21c2cccc3c2-c2c(ccc[n+]21)C3. The summed E-state index contributed by atoms with van der Waals surface area (Å²) >= 11 is 0. The van der Waals surface area contributed by atoms with Crippen molar-refractivity contribution < 1.29 is 18.3 Å². The summed E-state index contributed by atoms with van der Waals surface area (Å²) in [6.07, 6.45) is 11.1. The molecule has 2 spiro atoms. The molecule has 2 aliphatic carbocycles. The van der Waals surface area contributed by atoms with Gasteiger partial charge in [0.05, 0.1) is 22.3 Å². The molecule has 0 N–H and O–H groups in total. The summed E-state index contributed by atoms with van der Waals surface area (Å²) in [5.41, 5.74) is 21.6. The highest BCUT2D eigenvalue weighted by molar-refractivity contribution is 5.82. The van der Waals surface area contributed by atoms with Gasteiger partial charge in [0.15, 0.2) is 24.8 Å². The maximum Gasteiger partial charge on any atom is 0.417 e. The van der Waals surface area contributed by atoms with Crippen molar-refractivity contribution in [2.45, 2.75) is 79.6 Å². The lowest BCUT2D eigenvalue weighted by molar-refractivity contribution is -0.955. The second kappa shape index (κ2) is 15.3. The average Bonchev–Trinajstić information content (AvgIpc) is 4.17. The van der Waals surface area contributed by atoms with E-state index in [0.29, 0.717) is 0 Å². The quantitative estimate of drug-likeness (QED) is 0.136. The number of rotatable bonds is 0. The predicted molar refractivity (Wildman–Crippen MR) is 242 cm³/mol. The van der Waals surface area contributed by atoms with Crippen LogP contribution in [0.25, 0.3) is 45.0 Å². The largest absolute Gasteiger partial charge is 0.417 e. The van der Waals surface area contributed by atoms with Crippen LogP contribution in [0.5, 0.6) is 0 Å². The highest BCUT2D eigenvalue weighted by Gasteiger charge is 2.69. The molecule has 4 aromatic heterocycles. The van der Waals surface area contributed by atoms with E-state index in [-0.39, 0.29) is 11.3 Å². The van der Waals surface area contributed by atoms with Gasteiger partial charge in [-0.05, 0) is 71.8 Å². The Balaban J connectivity index is 0.000000133. The standard InChI is InChI=1S/2C24H16N2.4C2H6/c2*1-2-10-19-18(9-1)21-12-3-4-13-25(21)24(19)20-11-5-7-16-15-17-8-6-14-26(24)23(17)22(16)20;4*1-2/h2*1-14H,15H2;4*1-2H3/q2*+2;;;;. The first kappa shape index (κ1) is 39.0. The zero-order valence-electron chi connectivity index (χ0n) is 36.4. The monoisotopic (exact) mass is 784 g/mol. The molecule has 4 heteroatoms. The number of benzene rings is 4. The number of aromatic nitrogens is 4. The Morgan fingerprint density at radius 1 is 0.317 bits per heavy atom. The molecule has 296 valence electrons. The molecule has 8 heterocycles. The van der Waals surface area contributed by atoms with E-state index < -0.39 is 0 Å². The molecule has 8 aromatic rings. The van der Waals surface area contributed by atoms with Gasteiger partial charge in [0, 0.05) is 60.4 Å². The van der Waals surface area contributed by atoms with Gasteiger partial charge in [-0.1, -0.05) is 104 Å². The van der Waals surface area contributed by atoms with Crippen LogP contribution in [0.4, 0.5) is 0 Å². The molecule has 2 atom stereocenters. The molecule has 60 heavy (non-hydrogen) atoms. The Labute approximate surface area is 356 Å².